The zero-order valence-corrected chi connectivity index (χ0v) is 10.5. The smallest absolute Gasteiger partial charge is 0.303 e. The summed E-state index contributed by atoms with van der Waals surface area (Å²) in [5.74, 6) is -1.97. The Labute approximate surface area is 110 Å². The van der Waals surface area contributed by atoms with Crippen LogP contribution in [-0.4, -0.2) is 23.5 Å². The lowest BCUT2D eigenvalue weighted by atomic mass is 10.1. The van der Waals surface area contributed by atoms with Gasteiger partial charge in [0, 0.05) is 18.7 Å². The summed E-state index contributed by atoms with van der Waals surface area (Å²) in [6, 6.07) is 3.90. The Bertz CT molecular complexity index is 463. The maximum atomic E-state index is 13.4. The van der Waals surface area contributed by atoms with Crippen molar-refractivity contribution in [3.8, 4) is 0 Å². The van der Waals surface area contributed by atoms with E-state index in [0.717, 1.165) is 6.07 Å². The maximum absolute atomic E-state index is 13.4. The van der Waals surface area contributed by atoms with E-state index in [1.807, 2.05) is 0 Å². The Kier molecular flexibility index (Phi) is 5.78. The molecule has 0 heterocycles. The first kappa shape index (κ1) is 14.9. The Morgan fingerprint density at radius 2 is 2.00 bits per heavy atom. The number of carbonyl (C=O) groups is 2. The molecule has 6 heteroatoms. The van der Waals surface area contributed by atoms with Gasteiger partial charge < -0.3 is 16.2 Å². The first-order chi connectivity index (χ1) is 9.00. The van der Waals surface area contributed by atoms with Crippen LogP contribution in [0.2, 0.25) is 0 Å². The van der Waals surface area contributed by atoms with Crippen LogP contribution in [-0.2, 0) is 4.79 Å². The number of benzene rings is 1. The average molecular weight is 268 g/mol. The van der Waals surface area contributed by atoms with Gasteiger partial charge in [0.25, 0.3) is 5.91 Å². The predicted octanol–water partition coefficient (Wildman–Crippen LogP) is 1.78. The van der Waals surface area contributed by atoms with E-state index in [4.69, 9.17) is 10.8 Å². The highest BCUT2D eigenvalue weighted by Crippen LogP contribution is 2.11. The van der Waals surface area contributed by atoms with Crippen molar-refractivity contribution in [1.29, 1.82) is 0 Å². The van der Waals surface area contributed by atoms with Crippen molar-refractivity contribution in [3.63, 3.8) is 0 Å². The third kappa shape index (κ3) is 5.37. The molecule has 0 radical (unpaired) electrons. The Morgan fingerprint density at radius 1 is 1.26 bits per heavy atom. The Hall–Kier alpha value is -2.11. The highest BCUT2D eigenvalue weighted by atomic mass is 19.1. The minimum Gasteiger partial charge on any atom is -0.481 e. The normalized spacial score (nSPS) is 10.2. The monoisotopic (exact) mass is 268 g/mol. The van der Waals surface area contributed by atoms with E-state index in [-0.39, 0.29) is 17.7 Å². The fourth-order valence-electron chi connectivity index (χ4n) is 1.59. The number of unbranched alkanes of at least 4 members (excludes halogenated alkanes) is 2. The fraction of sp³-hybridized carbons (Fsp3) is 0.385. The number of carboxylic acids is 1. The second-order valence-electron chi connectivity index (χ2n) is 4.20. The van der Waals surface area contributed by atoms with E-state index in [2.05, 4.69) is 5.32 Å². The van der Waals surface area contributed by atoms with Gasteiger partial charge in [0.05, 0.1) is 5.56 Å². The van der Waals surface area contributed by atoms with Crippen molar-refractivity contribution in [3.05, 3.63) is 29.6 Å². The number of nitrogens with two attached hydrogens (primary N) is 1. The minimum atomic E-state index is -0.826. The molecule has 4 N–H and O–H groups in total. The van der Waals surface area contributed by atoms with Crippen LogP contribution in [0.15, 0.2) is 18.2 Å². The molecule has 0 aromatic heterocycles. The van der Waals surface area contributed by atoms with Crippen LogP contribution >= 0.6 is 0 Å². The van der Waals surface area contributed by atoms with Crippen molar-refractivity contribution in [2.24, 2.45) is 0 Å². The van der Waals surface area contributed by atoms with Gasteiger partial charge in [-0.25, -0.2) is 4.39 Å². The summed E-state index contributed by atoms with van der Waals surface area (Å²) in [7, 11) is 0. The number of aliphatic carboxylic acids is 1. The van der Waals surface area contributed by atoms with Gasteiger partial charge in [-0.1, -0.05) is 6.42 Å². The van der Waals surface area contributed by atoms with Gasteiger partial charge in [-0.05, 0) is 31.0 Å². The van der Waals surface area contributed by atoms with Gasteiger partial charge >= 0.3 is 5.97 Å². The molecule has 104 valence electrons. The summed E-state index contributed by atoms with van der Waals surface area (Å²) in [6.45, 7) is 0.391. The molecule has 0 fully saturated rings. The molecular formula is C13H17FN2O3. The molecule has 1 amide bonds. The molecule has 0 aliphatic rings. The van der Waals surface area contributed by atoms with Gasteiger partial charge in [-0.15, -0.1) is 0 Å². The molecule has 1 aromatic rings. The van der Waals surface area contributed by atoms with E-state index in [0.29, 0.717) is 25.8 Å². The third-order valence-electron chi connectivity index (χ3n) is 2.59. The average Bonchev–Trinajstić information content (AvgIpc) is 2.32. The van der Waals surface area contributed by atoms with E-state index in [9.17, 15) is 14.0 Å². The van der Waals surface area contributed by atoms with Crippen molar-refractivity contribution >= 4 is 17.6 Å². The molecule has 0 atom stereocenters. The standard InChI is InChI=1S/C13H17FN2O3/c14-11-8-9(15)5-6-10(11)13(19)16-7-3-1-2-4-12(17)18/h5-6,8H,1-4,7,15H2,(H,16,19)(H,17,18). The van der Waals surface area contributed by atoms with Crippen LogP contribution in [0.1, 0.15) is 36.0 Å². The molecule has 0 bridgehead atoms. The van der Waals surface area contributed by atoms with E-state index >= 15 is 0 Å². The van der Waals surface area contributed by atoms with Crippen LogP contribution in [0.3, 0.4) is 0 Å². The van der Waals surface area contributed by atoms with E-state index in [1.165, 1.54) is 12.1 Å². The zero-order chi connectivity index (χ0) is 14.3. The highest BCUT2D eigenvalue weighted by molar-refractivity contribution is 5.94. The predicted molar refractivity (Wildman–Crippen MR) is 69.2 cm³/mol. The first-order valence-electron chi connectivity index (χ1n) is 6.05. The molecule has 0 saturated heterocycles. The van der Waals surface area contributed by atoms with Crippen molar-refractivity contribution < 1.29 is 19.1 Å². The largest absolute Gasteiger partial charge is 0.481 e. The topological polar surface area (TPSA) is 92.4 Å². The SMILES string of the molecule is Nc1ccc(C(=O)NCCCCCC(=O)O)c(F)c1. The second kappa shape index (κ2) is 7.35. The Morgan fingerprint density at radius 3 is 2.63 bits per heavy atom. The molecule has 1 rings (SSSR count). The molecule has 0 aliphatic carbocycles. The lowest BCUT2D eigenvalue weighted by molar-refractivity contribution is -0.137. The summed E-state index contributed by atoms with van der Waals surface area (Å²) in [5.41, 5.74) is 5.61. The van der Waals surface area contributed by atoms with Gasteiger partial charge in [0.1, 0.15) is 5.82 Å². The highest BCUT2D eigenvalue weighted by Gasteiger charge is 2.10. The number of hydrogen-bond acceptors (Lipinski definition) is 3. The summed E-state index contributed by atoms with van der Waals surface area (Å²) in [4.78, 5) is 21.9. The number of halogens is 1. The molecular weight excluding hydrogens is 251 g/mol. The summed E-state index contributed by atoms with van der Waals surface area (Å²) >= 11 is 0. The molecule has 0 unspecified atom stereocenters. The summed E-state index contributed by atoms with van der Waals surface area (Å²) < 4.78 is 13.4. The van der Waals surface area contributed by atoms with Gasteiger partial charge in [-0.3, -0.25) is 9.59 Å². The van der Waals surface area contributed by atoms with Crippen molar-refractivity contribution in [1.82, 2.24) is 5.32 Å². The lowest BCUT2D eigenvalue weighted by Crippen LogP contribution is -2.25. The molecule has 0 aliphatic heterocycles. The van der Waals surface area contributed by atoms with Crippen molar-refractivity contribution in [2.75, 3.05) is 12.3 Å². The lowest BCUT2D eigenvalue weighted by Gasteiger charge is -2.06. The number of anilines is 1. The van der Waals surface area contributed by atoms with Crippen LogP contribution in [0.5, 0.6) is 0 Å². The van der Waals surface area contributed by atoms with Crippen LogP contribution in [0.25, 0.3) is 0 Å². The first-order valence-corrected chi connectivity index (χ1v) is 6.05. The number of amides is 1. The molecule has 0 saturated carbocycles. The van der Waals surface area contributed by atoms with E-state index in [1.54, 1.807) is 0 Å². The molecule has 1 aromatic carbocycles. The number of rotatable bonds is 7. The number of carbonyl (C=O) groups excluding carboxylic acids is 1. The van der Waals surface area contributed by atoms with E-state index < -0.39 is 17.7 Å². The number of hydrogen-bond donors (Lipinski definition) is 3. The minimum absolute atomic E-state index is 0.0419. The summed E-state index contributed by atoms with van der Waals surface area (Å²) in [6.07, 6.45) is 2.06. The van der Waals surface area contributed by atoms with Crippen molar-refractivity contribution in [2.45, 2.75) is 25.7 Å². The van der Waals surface area contributed by atoms with Gasteiger partial charge in [-0.2, -0.15) is 0 Å². The second-order valence-corrected chi connectivity index (χ2v) is 4.20. The number of nitrogen functional groups attached to an aromatic ring is 1. The Balaban J connectivity index is 2.29. The van der Waals surface area contributed by atoms with Crippen LogP contribution in [0.4, 0.5) is 10.1 Å². The molecule has 19 heavy (non-hydrogen) atoms. The number of nitrogens with one attached hydrogen (secondary N) is 1. The van der Waals surface area contributed by atoms with Gasteiger partial charge in [0.2, 0.25) is 0 Å². The van der Waals surface area contributed by atoms with Crippen LogP contribution < -0.4 is 11.1 Å². The van der Waals surface area contributed by atoms with Gasteiger partial charge in [0.15, 0.2) is 0 Å². The molecule has 0 spiro atoms. The summed E-state index contributed by atoms with van der Waals surface area (Å²) in [5, 5.41) is 11.0. The van der Waals surface area contributed by atoms with Crippen LogP contribution in [0, 0.1) is 5.82 Å². The third-order valence-corrected chi connectivity index (χ3v) is 2.59. The fourth-order valence-corrected chi connectivity index (χ4v) is 1.59. The zero-order valence-electron chi connectivity index (χ0n) is 10.5. The quantitative estimate of drug-likeness (QED) is 0.519. The number of carboxylic acid groups (broad SMARTS) is 1. The molecule has 5 nitrogen and oxygen atoms in total. The maximum Gasteiger partial charge on any atom is 0.303 e.